The minimum absolute atomic E-state index is 0.363. The Bertz CT molecular complexity index is 1070. The predicted octanol–water partition coefficient (Wildman–Crippen LogP) is 3.36. The summed E-state index contributed by atoms with van der Waals surface area (Å²) in [4.78, 5) is 7.36. The maximum absolute atomic E-state index is 12.9. The number of sulfonamides is 1. The summed E-state index contributed by atoms with van der Waals surface area (Å²) in [5.74, 6) is 0.945. The summed E-state index contributed by atoms with van der Waals surface area (Å²) in [6.45, 7) is 6.21. The lowest BCUT2D eigenvalue weighted by atomic mass is 10.1. The van der Waals surface area contributed by atoms with Crippen molar-refractivity contribution in [2.75, 3.05) is 31.1 Å². The van der Waals surface area contributed by atoms with Crippen molar-refractivity contribution in [3.63, 3.8) is 0 Å². The molecule has 0 atom stereocenters. The molecule has 27 heavy (non-hydrogen) atoms. The highest BCUT2D eigenvalue weighted by Crippen LogP contribution is 2.25. The number of pyridine rings is 1. The van der Waals surface area contributed by atoms with E-state index in [0.29, 0.717) is 31.1 Å². The fourth-order valence-corrected chi connectivity index (χ4v) is 4.95. The van der Waals surface area contributed by atoms with Gasteiger partial charge in [0.15, 0.2) is 0 Å². The fourth-order valence-electron chi connectivity index (χ4n) is 3.53. The summed E-state index contributed by atoms with van der Waals surface area (Å²) in [7, 11) is -3.44. The highest BCUT2D eigenvalue weighted by Gasteiger charge is 2.29. The number of rotatable bonds is 3. The summed E-state index contributed by atoms with van der Waals surface area (Å²) in [5.41, 5.74) is 3.13. The first-order chi connectivity index (χ1) is 12.9. The van der Waals surface area contributed by atoms with E-state index in [0.717, 1.165) is 27.8 Å². The molecule has 0 radical (unpaired) electrons. The average Bonchev–Trinajstić information content (AvgIpc) is 2.68. The van der Waals surface area contributed by atoms with Crippen molar-refractivity contribution in [1.29, 1.82) is 0 Å². The van der Waals surface area contributed by atoms with Gasteiger partial charge in [-0.05, 0) is 43.7 Å². The van der Waals surface area contributed by atoms with Gasteiger partial charge in [0, 0.05) is 31.6 Å². The second-order valence-corrected chi connectivity index (χ2v) is 8.96. The summed E-state index contributed by atoms with van der Waals surface area (Å²) in [6.07, 6.45) is 0. The van der Waals surface area contributed by atoms with Gasteiger partial charge in [0.25, 0.3) is 0 Å². The molecule has 0 bridgehead atoms. The normalized spacial score (nSPS) is 16.0. The van der Waals surface area contributed by atoms with Crippen molar-refractivity contribution in [1.82, 2.24) is 9.29 Å². The standard InChI is InChI=1S/C21H23N3O2S/c1-16-7-9-19(10-8-16)27(25,26)24-13-11-23(12-14-24)21-17(2)15-18-5-3-4-6-20(18)22-21/h3-10,15H,11-14H2,1-2H3. The van der Waals surface area contributed by atoms with Crippen LogP contribution in [0.4, 0.5) is 5.82 Å². The Labute approximate surface area is 160 Å². The zero-order chi connectivity index (χ0) is 19.0. The Morgan fingerprint density at radius 2 is 1.56 bits per heavy atom. The first-order valence-corrected chi connectivity index (χ1v) is 10.6. The summed E-state index contributed by atoms with van der Waals surface area (Å²) in [6, 6.07) is 17.3. The van der Waals surface area contributed by atoms with Crippen LogP contribution in [-0.2, 0) is 10.0 Å². The Morgan fingerprint density at radius 1 is 0.889 bits per heavy atom. The number of hydrogen-bond donors (Lipinski definition) is 0. The van der Waals surface area contributed by atoms with Crippen LogP contribution in [0.2, 0.25) is 0 Å². The Hall–Kier alpha value is -2.44. The second kappa shape index (κ2) is 6.94. The Balaban J connectivity index is 1.54. The largest absolute Gasteiger partial charge is 0.354 e. The predicted molar refractivity (Wildman–Crippen MR) is 109 cm³/mol. The zero-order valence-electron chi connectivity index (χ0n) is 15.6. The number of para-hydroxylation sites is 1. The van der Waals surface area contributed by atoms with Crippen LogP contribution in [-0.4, -0.2) is 43.9 Å². The number of aryl methyl sites for hydroxylation is 2. The molecule has 5 nitrogen and oxygen atoms in total. The van der Waals surface area contributed by atoms with Crippen LogP contribution in [0.25, 0.3) is 10.9 Å². The van der Waals surface area contributed by atoms with Crippen molar-refractivity contribution in [2.45, 2.75) is 18.7 Å². The number of fused-ring (bicyclic) bond motifs is 1. The lowest BCUT2D eigenvalue weighted by Crippen LogP contribution is -2.49. The van der Waals surface area contributed by atoms with E-state index < -0.39 is 10.0 Å². The lowest BCUT2D eigenvalue weighted by molar-refractivity contribution is 0.383. The van der Waals surface area contributed by atoms with Crippen molar-refractivity contribution in [2.24, 2.45) is 0 Å². The van der Waals surface area contributed by atoms with E-state index in [-0.39, 0.29) is 0 Å². The summed E-state index contributed by atoms with van der Waals surface area (Å²) in [5, 5.41) is 1.12. The number of benzene rings is 2. The number of anilines is 1. The molecule has 1 aromatic heterocycles. The fraction of sp³-hybridized carbons (Fsp3) is 0.286. The second-order valence-electron chi connectivity index (χ2n) is 7.03. The van der Waals surface area contributed by atoms with Gasteiger partial charge in [-0.2, -0.15) is 4.31 Å². The van der Waals surface area contributed by atoms with Gasteiger partial charge in [0.2, 0.25) is 10.0 Å². The van der Waals surface area contributed by atoms with Crippen LogP contribution in [0.3, 0.4) is 0 Å². The molecule has 1 aliphatic heterocycles. The SMILES string of the molecule is Cc1ccc(S(=O)(=O)N2CCN(c3nc4ccccc4cc3C)CC2)cc1. The van der Waals surface area contributed by atoms with E-state index in [1.807, 2.05) is 37.3 Å². The minimum atomic E-state index is -3.44. The van der Waals surface area contributed by atoms with Crippen LogP contribution < -0.4 is 4.90 Å². The van der Waals surface area contributed by atoms with Crippen molar-refractivity contribution >= 4 is 26.7 Å². The van der Waals surface area contributed by atoms with Gasteiger partial charge in [-0.1, -0.05) is 35.9 Å². The van der Waals surface area contributed by atoms with Gasteiger partial charge >= 0.3 is 0 Å². The molecule has 4 rings (SSSR count). The molecule has 2 aromatic carbocycles. The molecule has 140 valence electrons. The van der Waals surface area contributed by atoms with Crippen LogP contribution in [0.15, 0.2) is 59.5 Å². The van der Waals surface area contributed by atoms with E-state index in [4.69, 9.17) is 4.98 Å². The third-order valence-corrected chi connectivity index (χ3v) is 7.00. The van der Waals surface area contributed by atoms with E-state index in [2.05, 4.69) is 24.0 Å². The first kappa shape index (κ1) is 17.9. The molecule has 3 aromatic rings. The summed E-state index contributed by atoms with van der Waals surface area (Å²) >= 11 is 0. The van der Waals surface area contributed by atoms with E-state index in [1.54, 1.807) is 16.4 Å². The number of aromatic nitrogens is 1. The smallest absolute Gasteiger partial charge is 0.243 e. The van der Waals surface area contributed by atoms with Gasteiger partial charge < -0.3 is 4.90 Å². The van der Waals surface area contributed by atoms with Crippen molar-refractivity contribution in [3.8, 4) is 0 Å². The number of hydrogen-bond acceptors (Lipinski definition) is 4. The quantitative estimate of drug-likeness (QED) is 0.698. The molecule has 1 fully saturated rings. The molecular weight excluding hydrogens is 358 g/mol. The van der Waals surface area contributed by atoms with Crippen molar-refractivity contribution in [3.05, 3.63) is 65.7 Å². The van der Waals surface area contributed by atoms with Crippen LogP contribution in [0.5, 0.6) is 0 Å². The number of nitrogens with zero attached hydrogens (tertiary/aromatic N) is 3. The minimum Gasteiger partial charge on any atom is -0.354 e. The molecule has 0 spiro atoms. The molecule has 0 saturated carbocycles. The van der Waals surface area contributed by atoms with E-state index in [9.17, 15) is 8.42 Å². The molecule has 0 N–H and O–H groups in total. The van der Waals surface area contributed by atoms with Crippen molar-refractivity contribution < 1.29 is 8.42 Å². The monoisotopic (exact) mass is 381 g/mol. The molecule has 0 unspecified atom stereocenters. The number of piperazine rings is 1. The average molecular weight is 382 g/mol. The van der Waals surface area contributed by atoms with Gasteiger partial charge in [0.1, 0.15) is 5.82 Å². The van der Waals surface area contributed by atoms with E-state index in [1.165, 1.54) is 0 Å². The van der Waals surface area contributed by atoms with Gasteiger partial charge in [0.05, 0.1) is 10.4 Å². The summed E-state index contributed by atoms with van der Waals surface area (Å²) < 4.78 is 27.3. The molecule has 2 heterocycles. The highest BCUT2D eigenvalue weighted by atomic mass is 32.2. The Kier molecular flexibility index (Phi) is 4.61. The molecule has 6 heteroatoms. The molecule has 1 saturated heterocycles. The van der Waals surface area contributed by atoms with Crippen LogP contribution in [0.1, 0.15) is 11.1 Å². The van der Waals surface area contributed by atoms with Crippen LogP contribution in [0, 0.1) is 13.8 Å². The molecule has 0 aliphatic carbocycles. The van der Waals surface area contributed by atoms with Gasteiger partial charge in [-0.3, -0.25) is 0 Å². The third kappa shape index (κ3) is 3.42. The molecule has 0 amide bonds. The lowest BCUT2D eigenvalue weighted by Gasteiger charge is -2.35. The third-order valence-electron chi connectivity index (χ3n) is 5.08. The molecule has 1 aliphatic rings. The Morgan fingerprint density at radius 3 is 2.26 bits per heavy atom. The maximum atomic E-state index is 12.9. The zero-order valence-corrected chi connectivity index (χ0v) is 16.4. The maximum Gasteiger partial charge on any atom is 0.243 e. The first-order valence-electron chi connectivity index (χ1n) is 9.13. The molecular formula is C21H23N3O2S. The topological polar surface area (TPSA) is 53.5 Å². The van der Waals surface area contributed by atoms with E-state index >= 15 is 0 Å². The van der Waals surface area contributed by atoms with Gasteiger partial charge in [-0.15, -0.1) is 0 Å². The van der Waals surface area contributed by atoms with Gasteiger partial charge in [-0.25, -0.2) is 13.4 Å². The highest BCUT2D eigenvalue weighted by molar-refractivity contribution is 7.89. The van der Waals surface area contributed by atoms with Crippen LogP contribution >= 0.6 is 0 Å².